The van der Waals surface area contributed by atoms with Crippen LogP contribution in [0.2, 0.25) is 5.02 Å². The van der Waals surface area contributed by atoms with Gasteiger partial charge >= 0.3 is 5.69 Å². The second kappa shape index (κ2) is 8.56. The van der Waals surface area contributed by atoms with Crippen molar-refractivity contribution in [2.75, 3.05) is 19.5 Å². The molecule has 5 rings (SSSR count). The maximum absolute atomic E-state index is 12.9. The number of hydrogen-bond donors (Lipinski definition) is 1. The van der Waals surface area contributed by atoms with Gasteiger partial charge in [-0.25, -0.2) is 18.4 Å². The van der Waals surface area contributed by atoms with Gasteiger partial charge in [-0.2, -0.15) is 5.10 Å². The highest BCUT2D eigenvalue weighted by Gasteiger charge is 2.16. The Bertz CT molecular complexity index is 1590. The van der Waals surface area contributed by atoms with E-state index in [-0.39, 0.29) is 6.54 Å². The molecule has 0 radical (unpaired) electrons. The number of benzene rings is 2. The topological polar surface area (TPSA) is 104 Å². The van der Waals surface area contributed by atoms with Gasteiger partial charge in [-0.05, 0) is 30.3 Å². The summed E-state index contributed by atoms with van der Waals surface area (Å²) in [4.78, 5) is 25.6. The molecule has 172 valence electrons. The van der Waals surface area contributed by atoms with Gasteiger partial charge in [-0.15, -0.1) is 5.10 Å². The van der Waals surface area contributed by atoms with Crippen molar-refractivity contribution >= 4 is 34.4 Å². The number of methoxy groups -OCH3 is 2. The number of hydrogen-bond acceptors (Lipinski definition) is 6. The molecule has 34 heavy (non-hydrogen) atoms. The number of halogens is 1. The largest absolute Gasteiger partial charge is 0.497 e. The minimum atomic E-state index is -0.445. The summed E-state index contributed by atoms with van der Waals surface area (Å²) in [6.07, 6.45) is 3.23. The number of ether oxygens (including phenoxy) is 2. The minimum absolute atomic E-state index is 0.286. The lowest BCUT2D eigenvalue weighted by molar-refractivity contribution is -0.117. The summed E-state index contributed by atoms with van der Waals surface area (Å²) in [6.45, 7) is -0.286. The molecular formula is C23H19ClN6O4. The third kappa shape index (κ3) is 3.84. The Morgan fingerprint density at radius 1 is 1.03 bits per heavy atom. The Labute approximate surface area is 197 Å². The quantitative estimate of drug-likeness (QED) is 0.402. The number of nitrogens with zero attached hydrogens (tertiary/aromatic N) is 5. The van der Waals surface area contributed by atoms with E-state index in [1.54, 1.807) is 47.2 Å². The van der Waals surface area contributed by atoms with Crippen LogP contribution in [-0.2, 0) is 11.3 Å². The fourth-order valence-electron chi connectivity index (χ4n) is 3.64. The van der Waals surface area contributed by atoms with Crippen molar-refractivity contribution in [3.8, 4) is 22.8 Å². The van der Waals surface area contributed by atoms with Crippen LogP contribution in [0.3, 0.4) is 0 Å². The fraction of sp³-hybridized carbons (Fsp3) is 0.130. The SMILES string of the molecule is COc1ccc(OC)c(NC(=O)Cn2nc3c4cc(-c5ccc(Cl)cc5)nn4ccn3c2=O)c1. The van der Waals surface area contributed by atoms with Crippen LogP contribution >= 0.6 is 11.6 Å². The highest BCUT2D eigenvalue weighted by atomic mass is 35.5. The molecule has 2 aromatic carbocycles. The first kappa shape index (κ1) is 21.5. The number of aromatic nitrogens is 5. The predicted octanol–water partition coefficient (Wildman–Crippen LogP) is 3.12. The normalized spacial score (nSPS) is 11.1. The number of fused-ring (bicyclic) bond motifs is 3. The van der Waals surface area contributed by atoms with Crippen LogP contribution in [0.15, 0.2) is 65.7 Å². The molecule has 0 aliphatic carbocycles. The summed E-state index contributed by atoms with van der Waals surface area (Å²) in [5.74, 6) is 0.580. The molecule has 0 spiro atoms. The molecule has 3 aromatic heterocycles. The predicted molar refractivity (Wildman–Crippen MR) is 127 cm³/mol. The van der Waals surface area contributed by atoms with E-state index in [4.69, 9.17) is 21.1 Å². The molecule has 0 unspecified atom stereocenters. The number of nitrogens with one attached hydrogen (secondary N) is 1. The summed E-state index contributed by atoms with van der Waals surface area (Å²) < 4.78 is 14.6. The second-order valence-corrected chi connectivity index (χ2v) is 7.85. The Morgan fingerprint density at radius 3 is 2.56 bits per heavy atom. The first-order valence-electron chi connectivity index (χ1n) is 10.2. The molecule has 10 nitrogen and oxygen atoms in total. The Kier molecular flexibility index (Phi) is 5.42. The molecule has 0 fully saturated rings. The van der Waals surface area contributed by atoms with Gasteiger partial charge in [0.05, 0.1) is 25.6 Å². The summed E-state index contributed by atoms with van der Waals surface area (Å²) in [5, 5.41) is 12.3. The van der Waals surface area contributed by atoms with E-state index in [9.17, 15) is 9.59 Å². The molecule has 11 heteroatoms. The molecule has 0 bridgehead atoms. The van der Waals surface area contributed by atoms with Gasteiger partial charge in [0.25, 0.3) is 0 Å². The highest BCUT2D eigenvalue weighted by molar-refractivity contribution is 6.30. The van der Waals surface area contributed by atoms with Crippen molar-refractivity contribution in [1.29, 1.82) is 0 Å². The van der Waals surface area contributed by atoms with Crippen molar-refractivity contribution in [2.24, 2.45) is 0 Å². The van der Waals surface area contributed by atoms with Crippen LogP contribution in [0.5, 0.6) is 11.5 Å². The summed E-state index contributed by atoms with van der Waals surface area (Å²) >= 11 is 5.98. The third-order valence-electron chi connectivity index (χ3n) is 5.31. The van der Waals surface area contributed by atoms with Gasteiger partial charge in [0.2, 0.25) is 5.91 Å². The molecule has 0 aliphatic rings. The van der Waals surface area contributed by atoms with Crippen LogP contribution < -0.4 is 20.5 Å². The highest BCUT2D eigenvalue weighted by Crippen LogP contribution is 2.29. The first-order valence-corrected chi connectivity index (χ1v) is 10.6. The van der Waals surface area contributed by atoms with Crippen LogP contribution in [0.4, 0.5) is 5.69 Å². The monoisotopic (exact) mass is 478 g/mol. The molecular weight excluding hydrogens is 460 g/mol. The average Bonchev–Trinajstić information content (AvgIpc) is 3.41. The number of carbonyl (C=O) groups excluding carboxylic acids is 1. The van der Waals surface area contributed by atoms with Crippen LogP contribution in [0, 0.1) is 0 Å². The number of carbonyl (C=O) groups is 1. The van der Waals surface area contributed by atoms with Crippen molar-refractivity contribution in [2.45, 2.75) is 6.54 Å². The Hall–Kier alpha value is -4.31. The van der Waals surface area contributed by atoms with E-state index in [1.807, 2.05) is 18.2 Å². The van der Waals surface area contributed by atoms with Crippen molar-refractivity contribution in [1.82, 2.24) is 23.8 Å². The van der Waals surface area contributed by atoms with Gasteiger partial charge < -0.3 is 14.8 Å². The molecule has 5 aromatic rings. The molecule has 0 aliphatic heterocycles. The average molecular weight is 479 g/mol. The number of amides is 1. The maximum Gasteiger partial charge on any atom is 0.350 e. The molecule has 1 amide bonds. The standard InChI is InChI=1S/C23H19ClN6O4/c1-33-16-7-8-20(34-2)18(11-16)25-21(31)13-30-23(32)28-9-10-29-19(22(28)27-30)12-17(26-29)14-3-5-15(24)6-4-14/h3-12H,13H2,1-2H3,(H,25,31). The van der Waals surface area contributed by atoms with E-state index in [0.717, 1.165) is 10.2 Å². The van der Waals surface area contributed by atoms with Crippen molar-refractivity contribution in [3.05, 3.63) is 76.4 Å². The molecule has 0 saturated carbocycles. The molecule has 1 N–H and O–H groups in total. The van der Waals surface area contributed by atoms with Crippen LogP contribution in [0.1, 0.15) is 0 Å². The minimum Gasteiger partial charge on any atom is -0.497 e. The number of rotatable bonds is 6. The molecule has 3 heterocycles. The molecule has 0 atom stereocenters. The Morgan fingerprint density at radius 2 is 1.82 bits per heavy atom. The van der Waals surface area contributed by atoms with Crippen LogP contribution in [-0.4, -0.2) is 43.9 Å². The second-order valence-electron chi connectivity index (χ2n) is 7.41. The zero-order valence-corrected chi connectivity index (χ0v) is 19.0. The Balaban J connectivity index is 1.47. The van der Waals surface area contributed by atoms with E-state index in [0.29, 0.717) is 39.1 Å². The van der Waals surface area contributed by atoms with Gasteiger partial charge in [-0.1, -0.05) is 23.7 Å². The zero-order valence-electron chi connectivity index (χ0n) is 18.2. The van der Waals surface area contributed by atoms with Crippen molar-refractivity contribution < 1.29 is 14.3 Å². The van der Waals surface area contributed by atoms with Gasteiger partial charge in [-0.3, -0.25) is 4.79 Å². The van der Waals surface area contributed by atoms with E-state index < -0.39 is 11.6 Å². The van der Waals surface area contributed by atoms with E-state index >= 15 is 0 Å². The van der Waals surface area contributed by atoms with Crippen LogP contribution in [0.25, 0.3) is 22.4 Å². The van der Waals surface area contributed by atoms with Gasteiger partial charge in [0.1, 0.15) is 23.6 Å². The lowest BCUT2D eigenvalue weighted by atomic mass is 10.1. The zero-order chi connectivity index (χ0) is 23.8. The van der Waals surface area contributed by atoms with Crippen molar-refractivity contribution in [3.63, 3.8) is 0 Å². The van der Waals surface area contributed by atoms with E-state index in [2.05, 4.69) is 15.5 Å². The summed E-state index contributed by atoms with van der Waals surface area (Å²) in [6, 6.07) is 14.2. The maximum atomic E-state index is 12.9. The fourth-order valence-corrected chi connectivity index (χ4v) is 3.76. The first-order chi connectivity index (χ1) is 16.5. The van der Waals surface area contributed by atoms with E-state index in [1.165, 1.54) is 18.6 Å². The lowest BCUT2D eigenvalue weighted by Crippen LogP contribution is -2.28. The van der Waals surface area contributed by atoms with Gasteiger partial charge in [0.15, 0.2) is 5.65 Å². The number of anilines is 1. The summed E-state index contributed by atoms with van der Waals surface area (Å²) in [7, 11) is 3.03. The molecule has 0 saturated heterocycles. The lowest BCUT2D eigenvalue weighted by Gasteiger charge is -2.11. The third-order valence-corrected chi connectivity index (χ3v) is 5.56. The smallest absolute Gasteiger partial charge is 0.350 e. The van der Waals surface area contributed by atoms with Gasteiger partial charge in [0, 0.05) is 29.0 Å². The summed E-state index contributed by atoms with van der Waals surface area (Å²) in [5.41, 5.74) is 2.56.